The third kappa shape index (κ3) is 8.96. The summed E-state index contributed by atoms with van der Waals surface area (Å²) in [6.07, 6.45) is 3.23. The van der Waals surface area contributed by atoms with Crippen molar-refractivity contribution in [1.29, 1.82) is 0 Å². The van der Waals surface area contributed by atoms with E-state index in [2.05, 4.69) is 216 Å². The van der Waals surface area contributed by atoms with Crippen molar-refractivity contribution in [1.82, 2.24) is 4.98 Å². The van der Waals surface area contributed by atoms with Crippen molar-refractivity contribution < 1.29 is 31.0 Å². The molecular formula is C58H50NO2Pt-. The first kappa shape index (κ1) is 43.7. The van der Waals surface area contributed by atoms with Crippen LogP contribution < -0.4 is 0 Å². The average molecular weight is 988 g/mol. The zero-order valence-corrected chi connectivity index (χ0v) is 38.3. The van der Waals surface area contributed by atoms with Crippen molar-refractivity contribution in [3.63, 3.8) is 0 Å². The molecule has 0 fully saturated rings. The largest absolute Gasteiger partial charge is 0.512 e. The second-order valence-corrected chi connectivity index (χ2v) is 17.0. The number of rotatable bonds is 7. The number of carbonyl (C=O) groups is 1. The molecule has 1 aromatic heterocycles. The van der Waals surface area contributed by atoms with Crippen LogP contribution in [-0.2, 0) is 36.7 Å². The SMILES string of the molecule is CC(=O)/C=C(/C)O.CC1(C)c2cc(-c3cc(-c4ccccc4)cc(-c4ccccc4)c3)c[c-]c2-c2ncc(-c3cc(-c4ccccc4)cc(-c4ccccc4)c3)cc2C1(C)C.[Pt]. The topological polar surface area (TPSA) is 50.2 Å². The summed E-state index contributed by atoms with van der Waals surface area (Å²) >= 11 is 0. The second kappa shape index (κ2) is 18.3. The maximum atomic E-state index is 10.0. The molecule has 1 N–H and O–H groups in total. The predicted octanol–water partition coefficient (Wildman–Crippen LogP) is 15.2. The Morgan fingerprint density at radius 3 is 1.18 bits per heavy atom. The Labute approximate surface area is 381 Å². The Hall–Kier alpha value is -6.41. The van der Waals surface area contributed by atoms with Gasteiger partial charge >= 0.3 is 0 Å². The van der Waals surface area contributed by atoms with Gasteiger partial charge in [-0.05, 0) is 110 Å². The summed E-state index contributed by atoms with van der Waals surface area (Å²) in [7, 11) is 0. The number of aliphatic hydroxyl groups is 1. The van der Waals surface area contributed by atoms with E-state index < -0.39 is 0 Å². The van der Waals surface area contributed by atoms with Crippen LogP contribution in [0, 0.1) is 6.07 Å². The number of nitrogens with zero attached hydrogens (tertiary/aromatic N) is 1. The summed E-state index contributed by atoms with van der Waals surface area (Å²) in [5, 5.41) is 8.36. The molecule has 1 aliphatic carbocycles. The molecule has 0 saturated heterocycles. The molecule has 62 heavy (non-hydrogen) atoms. The molecule has 4 heteroatoms. The van der Waals surface area contributed by atoms with Gasteiger partial charge in [-0.1, -0.05) is 184 Å². The van der Waals surface area contributed by atoms with Gasteiger partial charge in [-0.2, -0.15) is 0 Å². The van der Waals surface area contributed by atoms with Gasteiger partial charge in [0.05, 0.1) is 5.76 Å². The molecule has 0 unspecified atom stereocenters. The van der Waals surface area contributed by atoms with Gasteiger partial charge in [0.25, 0.3) is 0 Å². The van der Waals surface area contributed by atoms with E-state index in [1.165, 1.54) is 86.7 Å². The summed E-state index contributed by atoms with van der Waals surface area (Å²) < 4.78 is 0. The van der Waals surface area contributed by atoms with Gasteiger partial charge in [0.15, 0.2) is 5.78 Å². The summed E-state index contributed by atoms with van der Waals surface area (Å²) in [6, 6.07) is 67.3. The average Bonchev–Trinajstić information content (AvgIpc) is 3.29. The molecule has 0 bridgehead atoms. The zero-order valence-electron chi connectivity index (χ0n) is 36.0. The molecule has 0 amide bonds. The Kier molecular flexibility index (Phi) is 12.9. The van der Waals surface area contributed by atoms with Gasteiger partial charge in [0.2, 0.25) is 0 Å². The molecule has 9 rings (SSSR count). The summed E-state index contributed by atoms with van der Waals surface area (Å²) in [4.78, 5) is 15.3. The van der Waals surface area contributed by atoms with Crippen LogP contribution in [0.3, 0.4) is 0 Å². The monoisotopic (exact) mass is 987 g/mol. The van der Waals surface area contributed by atoms with Gasteiger partial charge in [-0.15, -0.1) is 29.3 Å². The first-order chi connectivity index (χ1) is 29.4. The van der Waals surface area contributed by atoms with Gasteiger partial charge in [0, 0.05) is 33.3 Å². The molecule has 1 aliphatic rings. The number of aromatic nitrogens is 1. The van der Waals surface area contributed by atoms with Crippen LogP contribution in [0.2, 0.25) is 0 Å². The third-order valence-electron chi connectivity index (χ3n) is 12.3. The predicted molar refractivity (Wildman–Crippen MR) is 254 cm³/mol. The molecule has 0 spiro atoms. The van der Waals surface area contributed by atoms with E-state index >= 15 is 0 Å². The van der Waals surface area contributed by atoms with E-state index in [4.69, 9.17) is 10.1 Å². The van der Waals surface area contributed by atoms with Crippen LogP contribution in [0.15, 0.2) is 194 Å². The summed E-state index contributed by atoms with van der Waals surface area (Å²) in [6.45, 7) is 12.4. The molecule has 0 atom stereocenters. The van der Waals surface area contributed by atoms with E-state index in [1.807, 2.05) is 0 Å². The van der Waals surface area contributed by atoms with Crippen molar-refractivity contribution in [3.05, 3.63) is 211 Å². The fourth-order valence-electron chi connectivity index (χ4n) is 8.40. The van der Waals surface area contributed by atoms with Crippen LogP contribution >= 0.6 is 0 Å². The fraction of sp³-hybridized carbons (Fsp3) is 0.138. The van der Waals surface area contributed by atoms with E-state index in [0.29, 0.717) is 0 Å². The van der Waals surface area contributed by atoms with Gasteiger partial charge in [-0.25, -0.2) is 0 Å². The van der Waals surface area contributed by atoms with Crippen molar-refractivity contribution in [2.45, 2.75) is 52.4 Å². The summed E-state index contributed by atoms with van der Waals surface area (Å²) in [5.41, 5.74) is 18.5. The van der Waals surface area contributed by atoms with E-state index in [9.17, 15) is 4.79 Å². The van der Waals surface area contributed by atoms with Crippen molar-refractivity contribution in [3.8, 4) is 78.0 Å². The minimum atomic E-state index is -0.217. The summed E-state index contributed by atoms with van der Waals surface area (Å²) in [5.74, 6) is -0.0625. The van der Waals surface area contributed by atoms with Crippen LogP contribution in [0.1, 0.15) is 52.7 Å². The van der Waals surface area contributed by atoms with Crippen LogP contribution in [0.5, 0.6) is 0 Å². The molecule has 3 nitrogen and oxygen atoms in total. The van der Waals surface area contributed by atoms with Crippen molar-refractivity contribution in [2.24, 2.45) is 0 Å². The maximum absolute atomic E-state index is 10.0. The van der Waals surface area contributed by atoms with Crippen molar-refractivity contribution >= 4 is 5.78 Å². The van der Waals surface area contributed by atoms with Gasteiger partial charge in [-0.3, -0.25) is 4.79 Å². The molecule has 0 radical (unpaired) electrons. The normalized spacial score (nSPS) is 13.4. The third-order valence-corrected chi connectivity index (χ3v) is 12.3. The minimum Gasteiger partial charge on any atom is -0.512 e. The van der Waals surface area contributed by atoms with E-state index in [0.717, 1.165) is 22.4 Å². The Bertz CT molecular complexity index is 2580. The van der Waals surface area contributed by atoms with Crippen LogP contribution in [0.4, 0.5) is 0 Å². The Balaban J connectivity index is 0.000000668. The molecule has 7 aromatic carbocycles. The van der Waals surface area contributed by atoms with Gasteiger partial charge < -0.3 is 10.1 Å². The molecule has 310 valence electrons. The quantitative estimate of drug-likeness (QED) is 0.0983. The number of fused-ring (bicyclic) bond motifs is 3. The number of carbonyl (C=O) groups excluding carboxylic acids is 1. The minimum absolute atomic E-state index is 0. The van der Waals surface area contributed by atoms with E-state index in [1.54, 1.807) is 0 Å². The number of allylic oxidation sites excluding steroid dienone is 2. The maximum Gasteiger partial charge on any atom is 0.155 e. The number of aliphatic hydroxyl groups excluding tert-OH is 1. The number of pyridine rings is 1. The smallest absolute Gasteiger partial charge is 0.155 e. The Morgan fingerprint density at radius 1 is 0.484 bits per heavy atom. The van der Waals surface area contributed by atoms with Crippen molar-refractivity contribution in [2.75, 3.05) is 0 Å². The van der Waals surface area contributed by atoms with Crippen LogP contribution in [-0.4, -0.2) is 15.9 Å². The molecule has 0 saturated carbocycles. The van der Waals surface area contributed by atoms with Crippen LogP contribution in [0.25, 0.3) is 78.0 Å². The number of benzene rings is 7. The first-order valence-electron chi connectivity index (χ1n) is 20.9. The number of hydrogen-bond acceptors (Lipinski definition) is 3. The second-order valence-electron chi connectivity index (χ2n) is 17.0. The number of hydrogen-bond donors (Lipinski definition) is 1. The first-order valence-corrected chi connectivity index (χ1v) is 20.9. The Morgan fingerprint density at radius 2 is 0.823 bits per heavy atom. The number of ketones is 1. The molecule has 1 heterocycles. The standard InChI is InChI=1S/C53H42N.C5H8O2.Pt/c1-52(2)49-33-40(45-29-41(36-17-9-5-10-18-36)27-42(30-45)37-19-11-6-12-20-37)25-26-48(49)51-50(53(52,3)4)34-47(35-54-51)46-31-43(38-21-13-7-14-22-38)28-44(32-46)39-23-15-8-16-24-39;1-4(6)3-5(2)7;/h5-25,27-35H,1-4H3;3,6H,1-2H3;/q-1;;/b;4-3-;. The molecular weight excluding hydrogens is 938 g/mol. The zero-order chi connectivity index (χ0) is 42.7. The van der Waals surface area contributed by atoms with E-state index in [-0.39, 0.29) is 43.4 Å². The van der Waals surface area contributed by atoms with Gasteiger partial charge in [0.1, 0.15) is 0 Å². The molecule has 8 aromatic rings. The fourth-order valence-corrected chi connectivity index (χ4v) is 8.40. The molecule has 0 aliphatic heterocycles.